The largest absolute Gasteiger partial charge is 0.392 e. The number of carbonyl (C=O) groups excluding carboxylic acids is 1. The average molecular weight is 207 g/mol. The molecule has 3 nitrogen and oxygen atoms in total. The van der Waals surface area contributed by atoms with Crippen LogP contribution >= 0.6 is 0 Å². The van der Waals surface area contributed by atoms with Gasteiger partial charge in [-0.25, -0.2) is 0 Å². The van der Waals surface area contributed by atoms with Crippen LogP contribution in [0, 0.1) is 5.41 Å². The number of rotatable bonds is 2. The van der Waals surface area contributed by atoms with Crippen molar-refractivity contribution < 1.29 is 9.90 Å². The van der Waals surface area contributed by atoms with Gasteiger partial charge in [0.15, 0.2) is 0 Å². The van der Waals surface area contributed by atoms with Crippen LogP contribution in [-0.4, -0.2) is 11.0 Å². The molecule has 1 rings (SSSR count). The van der Waals surface area contributed by atoms with E-state index in [4.69, 9.17) is 5.11 Å². The number of hydrogen-bond acceptors (Lipinski definition) is 2. The number of aliphatic hydroxyl groups excluding tert-OH is 1. The van der Waals surface area contributed by atoms with Crippen LogP contribution in [0.2, 0.25) is 0 Å². The molecule has 0 saturated heterocycles. The second-order valence-electron chi connectivity index (χ2n) is 4.56. The van der Waals surface area contributed by atoms with Gasteiger partial charge >= 0.3 is 0 Å². The van der Waals surface area contributed by atoms with Gasteiger partial charge in [0.05, 0.1) is 6.61 Å². The topological polar surface area (TPSA) is 49.3 Å². The highest BCUT2D eigenvalue weighted by atomic mass is 16.3. The van der Waals surface area contributed by atoms with E-state index in [0.29, 0.717) is 0 Å². The number of nitrogens with one attached hydrogen (secondary N) is 1. The number of anilines is 1. The van der Waals surface area contributed by atoms with Crippen molar-refractivity contribution in [2.24, 2.45) is 5.41 Å². The molecule has 15 heavy (non-hydrogen) atoms. The summed E-state index contributed by atoms with van der Waals surface area (Å²) in [4.78, 5) is 11.7. The molecule has 0 aromatic heterocycles. The minimum Gasteiger partial charge on any atom is -0.392 e. The first kappa shape index (κ1) is 11.7. The lowest BCUT2D eigenvalue weighted by Gasteiger charge is -2.17. The van der Waals surface area contributed by atoms with Crippen LogP contribution in [0.1, 0.15) is 26.3 Å². The lowest BCUT2D eigenvalue weighted by Crippen LogP contribution is -2.27. The van der Waals surface area contributed by atoms with Gasteiger partial charge in [0.2, 0.25) is 5.91 Å². The normalized spacial score (nSPS) is 11.2. The molecule has 1 amide bonds. The zero-order valence-electron chi connectivity index (χ0n) is 9.37. The van der Waals surface area contributed by atoms with Crippen molar-refractivity contribution in [3.63, 3.8) is 0 Å². The van der Waals surface area contributed by atoms with Gasteiger partial charge in [0, 0.05) is 11.1 Å². The number of hydrogen-bond donors (Lipinski definition) is 2. The van der Waals surface area contributed by atoms with E-state index >= 15 is 0 Å². The standard InChI is InChI=1S/C12H17NO2/c1-12(2,3)11(15)13-10-6-4-5-9(7-10)8-14/h4-7,14H,8H2,1-3H3,(H,13,15). The number of amides is 1. The van der Waals surface area contributed by atoms with E-state index in [-0.39, 0.29) is 12.5 Å². The van der Waals surface area contributed by atoms with E-state index in [0.717, 1.165) is 11.3 Å². The maximum Gasteiger partial charge on any atom is 0.229 e. The van der Waals surface area contributed by atoms with Crippen LogP contribution < -0.4 is 5.32 Å². The first-order valence-electron chi connectivity index (χ1n) is 4.95. The average Bonchev–Trinajstić information content (AvgIpc) is 2.16. The quantitative estimate of drug-likeness (QED) is 0.780. The molecule has 0 radical (unpaired) electrons. The van der Waals surface area contributed by atoms with Crippen molar-refractivity contribution in [2.75, 3.05) is 5.32 Å². The Labute approximate surface area is 90.1 Å². The molecule has 3 heteroatoms. The molecular weight excluding hydrogens is 190 g/mol. The van der Waals surface area contributed by atoms with Crippen molar-refractivity contribution in [1.29, 1.82) is 0 Å². The SMILES string of the molecule is CC(C)(C)C(=O)Nc1cccc(CO)c1. The summed E-state index contributed by atoms with van der Waals surface area (Å²) in [6, 6.07) is 7.20. The second kappa shape index (κ2) is 4.45. The molecule has 0 heterocycles. The lowest BCUT2D eigenvalue weighted by atomic mass is 9.95. The molecule has 0 saturated carbocycles. The van der Waals surface area contributed by atoms with Crippen molar-refractivity contribution >= 4 is 11.6 Å². The van der Waals surface area contributed by atoms with Gasteiger partial charge in [-0.05, 0) is 17.7 Å². The zero-order chi connectivity index (χ0) is 11.5. The van der Waals surface area contributed by atoms with Crippen LogP contribution in [-0.2, 0) is 11.4 Å². The van der Waals surface area contributed by atoms with E-state index in [2.05, 4.69) is 5.32 Å². The maximum atomic E-state index is 11.7. The lowest BCUT2D eigenvalue weighted by molar-refractivity contribution is -0.123. The van der Waals surface area contributed by atoms with Gasteiger partial charge in [-0.2, -0.15) is 0 Å². The van der Waals surface area contributed by atoms with Crippen molar-refractivity contribution in [3.05, 3.63) is 29.8 Å². The fraction of sp³-hybridized carbons (Fsp3) is 0.417. The Kier molecular flexibility index (Phi) is 3.48. The smallest absolute Gasteiger partial charge is 0.229 e. The summed E-state index contributed by atoms with van der Waals surface area (Å²) in [5.74, 6) is -0.0300. The summed E-state index contributed by atoms with van der Waals surface area (Å²) in [5.41, 5.74) is 1.11. The predicted molar refractivity (Wildman–Crippen MR) is 60.4 cm³/mol. The van der Waals surface area contributed by atoms with Crippen LogP contribution in [0.3, 0.4) is 0 Å². The Hall–Kier alpha value is -1.35. The third kappa shape index (κ3) is 3.36. The predicted octanol–water partition coefficient (Wildman–Crippen LogP) is 2.16. The summed E-state index contributed by atoms with van der Waals surface area (Å²) in [6.45, 7) is 5.56. The highest BCUT2D eigenvalue weighted by molar-refractivity contribution is 5.94. The highest BCUT2D eigenvalue weighted by Crippen LogP contribution is 2.18. The van der Waals surface area contributed by atoms with Gasteiger partial charge < -0.3 is 10.4 Å². The Balaban J connectivity index is 2.77. The Morgan fingerprint density at radius 1 is 1.40 bits per heavy atom. The van der Waals surface area contributed by atoms with E-state index in [9.17, 15) is 4.79 Å². The number of carbonyl (C=O) groups is 1. The molecule has 0 unspecified atom stereocenters. The molecule has 0 aliphatic rings. The van der Waals surface area contributed by atoms with E-state index in [1.54, 1.807) is 6.07 Å². The Bertz CT molecular complexity index is 353. The van der Waals surface area contributed by atoms with Crippen LogP contribution in [0.25, 0.3) is 0 Å². The van der Waals surface area contributed by atoms with Gasteiger partial charge in [0.25, 0.3) is 0 Å². The molecule has 2 N–H and O–H groups in total. The minimum absolute atomic E-state index is 0.0147. The van der Waals surface area contributed by atoms with Gasteiger partial charge in [-0.3, -0.25) is 4.79 Å². The fourth-order valence-electron chi connectivity index (χ4n) is 1.07. The van der Waals surface area contributed by atoms with Crippen molar-refractivity contribution in [3.8, 4) is 0 Å². The first-order valence-corrected chi connectivity index (χ1v) is 4.95. The highest BCUT2D eigenvalue weighted by Gasteiger charge is 2.20. The molecule has 0 fully saturated rings. The van der Waals surface area contributed by atoms with Crippen molar-refractivity contribution in [1.82, 2.24) is 0 Å². The van der Waals surface area contributed by atoms with Crippen LogP contribution in [0.4, 0.5) is 5.69 Å². The summed E-state index contributed by atoms with van der Waals surface area (Å²) in [5, 5.41) is 11.7. The second-order valence-corrected chi connectivity index (χ2v) is 4.56. The van der Waals surface area contributed by atoms with Gasteiger partial charge in [0.1, 0.15) is 0 Å². The summed E-state index contributed by atoms with van der Waals surface area (Å²) in [7, 11) is 0. The molecule has 0 atom stereocenters. The summed E-state index contributed by atoms with van der Waals surface area (Å²) < 4.78 is 0. The van der Waals surface area contributed by atoms with Gasteiger partial charge in [-0.1, -0.05) is 32.9 Å². The fourth-order valence-corrected chi connectivity index (χ4v) is 1.07. The zero-order valence-corrected chi connectivity index (χ0v) is 9.37. The van der Waals surface area contributed by atoms with Gasteiger partial charge in [-0.15, -0.1) is 0 Å². The first-order chi connectivity index (χ1) is 6.93. The number of benzene rings is 1. The van der Waals surface area contributed by atoms with Crippen LogP contribution in [0.5, 0.6) is 0 Å². The molecule has 0 aliphatic heterocycles. The van der Waals surface area contributed by atoms with Crippen LogP contribution in [0.15, 0.2) is 24.3 Å². The summed E-state index contributed by atoms with van der Waals surface area (Å²) in [6.07, 6.45) is 0. The maximum absolute atomic E-state index is 11.7. The minimum atomic E-state index is -0.408. The number of aliphatic hydroxyl groups is 1. The van der Waals surface area contributed by atoms with E-state index in [1.165, 1.54) is 0 Å². The summed E-state index contributed by atoms with van der Waals surface area (Å²) >= 11 is 0. The van der Waals surface area contributed by atoms with Crippen molar-refractivity contribution in [2.45, 2.75) is 27.4 Å². The Morgan fingerprint density at radius 3 is 2.60 bits per heavy atom. The third-order valence-electron chi connectivity index (χ3n) is 2.05. The third-order valence-corrected chi connectivity index (χ3v) is 2.05. The molecule has 1 aromatic carbocycles. The monoisotopic (exact) mass is 207 g/mol. The molecule has 0 aliphatic carbocycles. The molecule has 0 bridgehead atoms. The van der Waals surface area contributed by atoms with E-state index in [1.807, 2.05) is 39.0 Å². The molecule has 1 aromatic rings. The Morgan fingerprint density at radius 2 is 2.07 bits per heavy atom. The molecular formula is C12H17NO2. The molecule has 82 valence electrons. The molecule has 0 spiro atoms. The van der Waals surface area contributed by atoms with E-state index < -0.39 is 5.41 Å².